The summed E-state index contributed by atoms with van der Waals surface area (Å²) in [5.41, 5.74) is 8.65. The molecule has 0 atom stereocenters. The maximum atomic E-state index is 12.8. The number of hydrogen-bond acceptors (Lipinski definition) is 1. The van der Waals surface area contributed by atoms with Gasteiger partial charge in [-0.25, -0.2) is 4.39 Å². The van der Waals surface area contributed by atoms with Crippen molar-refractivity contribution in [3.63, 3.8) is 0 Å². The topological polar surface area (TPSA) is 48.8 Å². The molecule has 0 aliphatic carbocycles. The highest BCUT2D eigenvalue weighted by Crippen LogP contribution is 2.15. The number of nitrogens with zero attached hydrogens (tertiary/aromatic N) is 3. The van der Waals surface area contributed by atoms with E-state index in [0.29, 0.717) is 10.0 Å². The van der Waals surface area contributed by atoms with Gasteiger partial charge < -0.3 is 0 Å². The van der Waals surface area contributed by atoms with Gasteiger partial charge in [0.25, 0.3) is 0 Å². The minimum atomic E-state index is -0.328. The van der Waals surface area contributed by atoms with Crippen molar-refractivity contribution in [3.05, 3.63) is 44.5 Å². The molecule has 0 aliphatic rings. The summed E-state index contributed by atoms with van der Waals surface area (Å²) >= 11 is 3.04. The van der Waals surface area contributed by atoms with Crippen LogP contribution in [0, 0.1) is 17.7 Å². The Hall–Kier alpha value is -1.50. The molecule has 70 valence electrons. The van der Waals surface area contributed by atoms with Crippen LogP contribution in [0.15, 0.2) is 27.8 Å². The zero-order chi connectivity index (χ0) is 10.4. The van der Waals surface area contributed by atoms with Gasteiger partial charge in [-0.15, -0.1) is 0 Å². The summed E-state index contributed by atoms with van der Waals surface area (Å²) in [5, 5.41) is 3.25. The fraction of sp³-hybridized carbons (Fsp3) is 0.111. The van der Waals surface area contributed by atoms with Crippen LogP contribution < -0.4 is 0 Å². The second-order valence-electron chi connectivity index (χ2n) is 2.32. The maximum Gasteiger partial charge on any atom is 0.137 e. The lowest BCUT2D eigenvalue weighted by Gasteiger charge is -1.93. The first-order chi connectivity index (χ1) is 6.74. The van der Waals surface area contributed by atoms with Crippen LogP contribution in [0.1, 0.15) is 5.56 Å². The molecule has 0 aliphatic heterocycles. The van der Waals surface area contributed by atoms with Crippen LogP contribution in [-0.4, -0.2) is 6.54 Å². The fourth-order valence-corrected chi connectivity index (χ4v) is 1.16. The summed E-state index contributed by atoms with van der Waals surface area (Å²) in [6.45, 7) is 0.117. The van der Waals surface area contributed by atoms with E-state index in [9.17, 15) is 4.39 Å². The van der Waals surface area contributed by atoms with E-state index in [1.165, 1.54) is 6.07 Å². The van der Waals surface area contributed by atoms with Crippen LogP contribution in [0.5, 0.6) is 0 Å². The lowest BCUT2D eigenvalue weighted by molar-refractivity contribution is 0.621. The molecular weight excluding hydrogens is 249 g/mol. The van der Waals surface area contributed by atoms with Gasteiger partial charge in [-0.3, -0.25) is 0 Å². The molecule has 0 fully saturated rings. The van der Waals surface area contributed by atoms with E-state index in [1.54, 1.807) is 12.1 Å². The lowest BCUT2D eigenvalue weighted by Crippen LogP contribution is -1.80. The van der Waals surface area contributed by atoms with Crippen molar-refractivity contribution in [2.24, 2.45) is 5.11 Å². The number of hydrogen-bond donors (Lipinski definition) is 0. The number of benzene rings is 1. The van der Waals surface area contributed by atoms with Crippen molar-refractivity contribution < 1.29 is 4.39 Å². The summed E-state index contributed by atoms with van der Waals surface area (Å²) in [6, 6.07) is 4.45. The molecule has 14 heavy (non-hydrogen) atoms. The summed E-state index contributed by atoms with van der Waals surface area (Å²) in [7, 11) is 0. The molecule has 0 amide bonds. The zero-order valence-electron chi connectivity index (χ0n) is 7.04. The first-order valence-electron chi connectivity index (χ1n) is 3.69. The molecule has 0 aromatic heterocycles. The van der Waals surface area contributed by atoms with E-state index < -0.39 is 0 Å². The second-order valence-corrected chi connectivity index (χ2v) is 3.17. The standard InChI is InChI=1S/C9H5BrFN3/c10-8-6-7(3-4-9(8)11)2-1-5-13-14-12/h3-4,6H,5H2. The summed E-state index contributed by atoms with van der Waals surface area (Å²) < 4.78 is 13.1. The molecular formula is C9H5BrFN3. The Balaban J connectivity index is 2.80. The first kappa shape index (κ1) is 10.6. The highest BCUT2D eigenvalue weighted by atomic mass is 79.9. The lowest BCUT2D eigenvalue weighted by atomic mass is 10.2. The molecule has 0 unspecified atom stereocenters. The molecule has 1 aromatic rings. The molecule has 0 radical (unpaired) electrons. The molecule has 0 N–H and O–H groups in total. The Morgan fingerprint density at radius 2 is 2.36 bits per heavy atom. The molecule has 0 saturated carbocycles. The van der Waals surface area contributed by atoms with Crippen molar-refractivity contribution in [1.82, 2.24) is 0 Å². The Morgan fingerprint density at radius 1 is 1.57 bits per heavy atom. The smallest absolute Gasteiger partial charge is 0.137 e. The first-order valence-corrected chi connectivity index (χ1v) is 4.48. The van der Waals surface area contributed by atoms with E-state index in [1.807, 2.05) is 0 Å². The second kappa shape index (κ2) is 5.28. The van der Waals surface area contributed by atoms with Gasteiger partial charge in [0.15, 0.2) is 0 Å². The van der Waals surface area contributed by atoms with Gasteiger partial charge in [0.1, 0.15) is 5.82 Å². The highest BCUT2D eigenvalue weighted by Gasteiger charge is 1.97. The van der Waals surface area contributed by atoms with Gasteiger partial charge >= 0.3 is 0 Å². The van der Waals surface area contributed by atoms with Crippen LogP contribution in [0.3, 0.4) is 0 Å². The van der Waals surface area contributed by atoms with E-state index >= 15 is 0 Å². The quantitative estimate of drug-likeness (QED) is 0.319. The molecule has 3 nitrogen and oxygen atoms in total. The predicted octanol–water partition coefficient (Wildman–Crippen LogP) is 3.25. The average Bonchev–Trinajstić information content (AvgIpc) is 2.18. The normalized spacial score (nSPS) is 8.43. The van der Waals surface area contributed by atoms with Gasteiger partial charge in [0.2, 0.25) is 0 Å². The van der Waals surface area contributed by atoms with Crippen LogP contribution in [-0.2, 0) is 0 Å². The van der Waals surface area contributed by atoms with Crippen LogP contribution >= 0.6 is 15.9 Å². The third kappa shape index (κ3) is 3.09. The predicted molar refractivity (Wildman–Crippen MR) is 55.0 cm³/mol. The maximum absolute atomic E-state index is 12.8. The van der Waals surface area contributed by atoms with Gasteiger partial charge in [-0.05, 0) is 39.7 Å². The summed E-state index contributed by atoms with van der Waals surface area (Å²) in [4.78, 5) is 2.55. The molecule has 0 spiro atoms. The number of azide groups is 1. The summed E-state index contributed by atoms with van der Waals surface area (Å²) in [5.74, 6) is 5.04. The molecule has 0 heterocycles. The minimum absolute atomic E-state index is 0.117. The molecule has 0 bridgehead atoms. The van der Waals surface area contributed by atoms with Crippen LogP contribution in [0.2, 0.25) is 0 Å². The van der Waals surface area contributed by atoms with Gasteiger partial charge in [0.05, 0.1) is 11.0 Å². The Kier molecular flexibility index (Phi) is 3.99. The van der Waals surface area contributed by atoms with Crippen molar-refractivity contribution in [1.29, 1.82) is 0 Å². The molecule has 0 saturated heterocycles. The van der Waals surface area contributed by atoms with Gasteiger partial charge in [-0.1, -0.05) is 17.0 Å². The zero-order valence-corrected chi connectivity index (χ0v) is 8.62. The molecule has 1 aromatic carbocycles. The minimum Gasteiger partial charge on any atom is -0.206 e. The van der Waals surface area contributed by atoms with E-state index in [2.05, 4.69) is 37.8 Å². The number of rotatable bonds is 1. The van der Waals surface area contributed by atoms with Crippen molar-refractivity contribution in [3.8, 4) is 11.8 Å². The monoisotopic (exact) mass is 253 g/mol. The third-order valence-electron chi connectivity index (χ3n) is 1.37. The summed E-state index contributed by atoms with van der Waals surface area (Å²) in [6.07, 6.45) is 0. The number of halogens is 2. The third-order valence-corrected chi connectivity index (χ3v) is 1.97. The van der Waals surface area contributed by atoms with E-state index in [4.69, 9.17) is 5.53 Å². The molecule has 5 heteroatoms. The van der Waals surface area contributed by atoms with E-state index in [0.717, 1.165) is 0 Å². The molecule has 1 rings (SSSR count). The largest absolute Gasteiger partial charge is 0.206 e. The van der Waals surface area contributed by atoms with Crippen molar-refractivity contribution in [2.75, 3.05) is 6.54 Å². The Bertz CT molecular complexity index is 441. The van der Waals surface area contributed by atoms with Crippen molar-refractivity contribution in [2.45, 2.75) is 0 Å². The van der Waals surface area contributed by atoms with E-state index in [-0.39, 0.29) is 12.4 Å². The van der Waals surface area contributed by atoms with Gasteiger partial charge in [-0.2, -0.15) is 0 Å². The van der Waals surface area contributed by atoms with Crippen molar-refractivity contribution >= 4 is 15.9 Å². The van der Waals surface area contributed by atoms with Crippen LogP contribution in [0.25, 0.3) is 10.4 Å². The average molecular weight is 254 g/mol. The Labute approximate surface area is 88.7 Å². The Morgan fingerprint density at radius 3 is 3.00 bits per heavy atom. The van der Waals surface area contributed by atoms with Gasteiger partial charge in [0, 0.05) is 10.5 Å². The SMILES string of the molecule is [N-]=[N+]=NCC#Cc1ccc(F)c(Br)c1. The fourth-order valence-electron chi connectivity index (χ4n) is 0.782. The highest BCUT2D eigenvalue weighted by molar-refractivity contribution is 9.10. The van der Waals surface area contributed by atoms with Crippen LogP contribution in [0.4, 0.5) is 4.39 Å².